The lowest BCUT2D eigenvalue weighted by molar-refractivity contribution is 0.215. The van der Waals surface area contributed by atoms with E-state index in [0.717, 1.165) is 5.56 Å². The van der Waals surface area contributed by atoms with Crippen LogP contribution in [0.2, 0.25) is 0 Å². The molecule has 6 heteroatoms. The number of hydrogen-bond acceptors (Lipinski definition) is 4. The van der Waals surface area contributed by atoms with Crippen LogP contribution in [0.4, 0.5) is 0 Å². The molecule has 0 unspecified atom stereocenters. The Morgan fingerprint density at radius 3 is 2.37 bits per heavy atom. The Morgan fingerprint density at radius 1 is 1.32 bits per heavy atom. The van der Waals surface area contributed by atoms with Crippen LogP contribution >= 0.6 is 7.75 Å². The zero-order chi connectivity index (χ0) is 14.1. The molecule has 0 amide bonds. The molecule has 1 aromatic rings. The predicted molar refractivity (Wildman–Crippen MR) is 74.0 cm³/mol. The molecular weight excluding hydrogens is 263 g/mol. The summed E-state index contributed by atoms with van der Waals surface area (Å²) in [4.78, 5) is 0. The highest BCUT2D eigenvalue weighted by molar-refractivity contribution is 7.51. The highest BCUT2D eigenvalue weighted by Crippen LogP contribution is 2.43. The van der Waals surface area contributed by atoms with Crippen molar-refractivity contribution >= 4 is 13.3 Å². The van der Waals surface area contributed by atoms with Gasteiger partial charge in [0.2, 0.25) is 0 Å². The molecule has 0 aliphatic rings. The monoisotopic (exact) mass is 280 g/mol. The molecule has 0 saturated heterocycles. The molecule has 0 radical (unpaired) electrons. The molecule has 0 aliphatic carbocycles. The Morgan fingerprint density at radius 2 is 1.89 bits per heavy atom. The van der Waals surface area contributed by atoms with Gasteiger partial charge in [0, 0.05) is 6.20 Å². The second kappa shape index (κ2) is 7.75. The summed E-state index contributed by atoms with van der Waals surface area (Å²) in [6, 6.07) is 11.1. The molecule has 5 nitrogen and oxygen atoms in total. The molecule has 0 spiro atoms. The van der Waals surface area contributed by atoms with E-state index in [9.17, 15) is 4.57 Å². The van der Waals surface area contributed by atoms with Crippen molar-refractivity contribution in [1.29, 1.82) is 5.26 Å². The molecule has 0 saturated carbocycles. The summed E-state index contributed by atoms with van der Waals surface area (Å²) in [5.74, 6) is 0. The Kier molecular flexibility index (Phi) is 6.31. The average molecular weight is 280 g/mol. The lowest BCUT2D eigenvalue weighted by atomic mass is 10.1. The first-order valence-electron chi connectivity index (χ1n) is 5.97. The van der Waals surface area contributed by atoms with E-state index in [2.05, 4.69) is 5.09 Å². The van der Waals surface area contributed by atoms with Crippen LogP contribution in [0.25, 0.3) is 5.57 Å². The van der Waals surface area contributed by atoms with Crippen LogP contribution in [0.15, 0.2) is 36.5 Å². The maximum Gasteiger partial charge on any atom is 0.432 e. The summed E-state index contributed by atoms with van der Waals surface area (Å²) in [7, 11) is -3.38. The summed E-state index contributed by atoms with van der Waals surface area (Å²) >= 11 is 0. The minimum Gasteiger partial charge on any atom is -0.298 e. The predicted octanol–water partition coefficient (Wildman–Crippen LogP) is 3.32. The number of benzene rings is 1. The average Bonchev–Trinajstić information content (AvgIpc) is 2.41. The van der Waals surface area contributed by atoms with Crippen molar-refractivity contribution in [2.24, 2.45) is 0 Å². The fraction of sp³-hybridized carbons (Fsp3) is 0.308. The number of nitrogens with zero attached hydrogens (tertiary/aromatic N) is 1. The van der Waals surface area contributed by atoms with Gasteiger partial charge in [-0.3, -0.25) is 14.1 Å². The Hall–Kier alpha value is -1.60. The van der Waals surface area contributed by atoms with Gasteiger partial charge in [0.05, 0.1) is 18.8 Å². The van der Waals surface area contributed by atoms with Gasteiger partial charge in [-0.25, -0.2) is 4.57 Å². The highest BCUT2D eigenvalue weighted by Gasteiger charge is 2.21. The number of nitrogens with one attached hydrogen (secondary N) is 1. The molecule has 0 heterocycles. The number of rotatable bonds is 7. The van der Waals surface area contributed by atoms with E-state index in [1.807, 2.05) is 24.3 Å². The van der Waals surface area contributed by atoms with Gasteiger partial charge < -0.3 is 0 Å². The summed E-state index contributed by atoms with van der Waals surface area (Å²) < 4.78 is 22.3. The Labute approximate surface area is 113 Å². The van der Waals surface area contributed by atoms with Gasteiger partial charge in [0.1, 0.15) is 6.07 Å². The molecule has 0 atom stereocenters. The Bertz CT molecular complexity index is 498. The van der Waals surface area contributed by atoms with Crippen molar-refractivity contribution in [3.8, 4) is 6.07 Å². The number of allylic oxidation sites excluding steroid dienone is 1. The normalized spacial score (nSPS) is 11.9. The topological polar surface area (TPSA) is 71.3 Å². The number of nitriles is 1. The van der Waals surface area contributed by atoms with E-state index < -0.39 is 7.75 Å². The first-order chi connectivity index (χ1) is 9.15. The fourth-order valence-corrected chi connectivity index (χ4v) is 2.58. The van der Waals surface area contributed by atoms with Crippen LogP contribution in [0.5, 0.6) is 0 Å². The van der Waals surface area contributed by atoms with Crippen molar-refractivity contribution in [2.75, 3.05) is 13.2 Å². The molecule has 0 aliphatic heterocycles. The number of hydrogen-bond donors (Lipinski definition) is 1. The van der Waals surface area contributed by atoms with Gasteiger partial charge in [-0.2, -0.15) is 5.26 Å². The van der Waals surface area contributed by atoms with E-state index in [-0.39, 0.29) is 13.2 Å². The first kappa shape index (κ1) is 15.5. The van der Waals surface area contributed by atoms with Gasteiger partial charge in [0.15, 0.2) is 0 Å². The standard InChI is InChI=1S/C13H17N2O3P/c1-3-17-19(16,18-4-2)15-11-13(10-14)12-8-6-5-7-9-12/h5-9,11H,3-4H2,1-2H3,(H,15,16)/b13-11+. The molecule has 0 fully saturated rings. The van der Waals surface area contributed by atoms with Crippen LogP contribution < -0.4 is 5.09 Å². The third-order valence-electron chi connectivity index (χ3n) is 2.17. The van der Waals surface area contributed by atoms with Crippen molar-refractivity contribution < 1.29 is 13.6 Å². The lowest BCUT2D eigenvalue weighted by Crippen LogP contribution is -2.09. The fourth-order valence-electron chi connectivity index (χ4n) is 1.39. The zero-order valence-electron chi connectivity index (χ0n) is 11.0. The van der Waals surface area contributed by atoms with Crippen LogP contribution in [0.3, 0.4) is 0 Å². The van der Waals surface area contributed by atoms with Crippen LogP contribution in [0, 0.1) is 11.3 Å². The Balaban J connectivity index is 2.88. The minimum atomic E-state index is -3.38. The largest absolute Gasteiger partial charge is 0.432 e. The van der Waals surface area contributed by atoms with Crippen molar-refractivity contribution in [2.45, 2.75) is 13.8 Å². The smallest absolute Gasteiger partial charge is 0.298 e. The molecule has 1 N–H and O–H groups in total. The van der Waals surface area contributed by atoms with Crippen LogP contribution in [-0.4, -0.2) is 13.2 Å². The van der Waals surface area contributed by atoms with E-state index in [4.69, 9.17) is 14.3 Å². The van der Waals surface area contributed by atoms with Gasteiger partial charge in [0.25, 0.3) is 0 Å². The second-order valence-corrected chi connectivity index (χ2v) is 5.27. The van der Waals surface area contributed by atoms with Gasteiger partial charge in [-0.05, 0) is 19.4 Å². The second-order valence-electron chi connectivity index (χ2n) is 3.50. The molecule has 19 heavy (non-hydrogen) atoms. The molecule has 1 rings (SSSR count). The van der Waals surface area contributed by atoms with E-state index in [1.165, 1.54) is 6.20 Å². The van der Waals surface area contributed by atoms with Gasteiger partial charge in [-0.1, -0.05) is 30.3 Å². The van der Waals surface area contributed by atoms with E-state index in [0.29, 0.717) is 5.57 Å². The molecule has 102 valence electrons. The maximum absolute atomic E-state index is 12.2. The molecule has 0 bridgehead atoms. The van der Waals surface area contributed by atoms with Crippen molar-refractivity contribution in [3.05, 3.63) is 42.1 Å². The van der Waals surface area contributed by atoms with Crippen molar-refractivity contribution in [3.63, 3.8) is 0 Å². The third-order valence-corrected chi connectivity index (χ3v) is 3.81. The summed E-state index contributed by atoms with van der Waals surface area (Å²) in [5, 5.41) is 11.7. The summed E-state index contributed by atoms with van der Waals surface area (Å²) in [6.45, 7) is 3.95. The molecule has 0 aromatic heterocycles. The van der Waals surface area contributed by atoms with Gasteiger partial charge in [-0.15, -0.1) is 0 Å². The van der Waals surface area contributed by atoms with E-state index in [1.54, 1.807) is 26.0 Å². The SMILES string of the molecule is CCOP(=O)(N/C=C(\C#N)c1ccccc1)OCC. The quantitative estimate of drug-likeness (QED) is 0.612. The van der Waals surface area contributed by atoms with Gasteiger partial charge >= 0.3 is 7.75 Å². The third kappa shape index (κ3) is 4.88. The van der Waals surface area contributed by atoms with E-state index >= 15 is 0 Å². The molecule has 1 aromatic carbocycles. The highest BCUT2D eigenvalue weighted by atomic mass is 31.2. The maximum atomic E-state index is 12.2. The van der Waals surface area contributed by atoms with Crippen molar-refractivity contribution in [1.82, 2.24) is 5.09 Å². The lowest BCUT2D eigenvalue weighted by Gasteiger charge is -2.16. The first-order valence-corrected chi connectivity index (χ1v) is 7.52. The van der Waals surface area contributed by atoms with Crippen LogP contribution in [0.1, 0.15) is 19.4 Å². The van der Waals surface area contributed by atoms with Crippen LogP contribution in [-0.2, 0) is 13.6 Å². The molecular formula is C13H17N2O3P. The zero-order valence-corrected chi connectivity index (χ0v) is 11.9. The summed E-state index contributed by atoms with van der Waals surface area (Å²) in [5.41, 5.74) is 1.09. The minimum absolute atomic E-state index is 0.255. The summed E-state index contributed by atoms with van der Waals surface area (Å²) in [6.07, 6.45) is 1.36.